The van der Waals surface area contributed by atoms with E-state index in [1.807, 2.05) is 43.3 Å². The van der Waals surface area contributed by atoms with Gasteiger partial charge < -0.3 is 4.74 Å². The van der Waals surface area contributed by atoms with E-state index in [-0.39, 0.29) is 5.91 Å². The summed E-state index contributed by atoms with van der Waals surface area (Å²) in [4.78, 5) is 12.0. The Bertz CT molecular complexity index is 678. The first-order valence-corrected chi connectivity index (χ1v) is 8.32. The van der Waals surface area contributed by atoms with E-state index in [0.29, 0.717) is 12.2 Å². The maximum Gasteiger partial charge on any atom is 0.271 e. The van der Waals surface area contributed by atoms with Crippen LogP contribution in [0.3, 0.4) is 0 Å². The van der Waals surface area contributed by atoms with Crippen LogP contribution in [0.15, 0.2) is 53.6 Å². The molecule has 4 nitrogen and oxygen atoms in total. The Morgan fingerprint density at radius 2 is 1.88 bits per heavy atom. The fraction of sp³-hybridized carbons (Fsp3) is 0.300. The van der Waals surface area contributed by atoms with Crippen molar-refractivity contribution in [2.24, 2.45) is 5.10 Å². The van der Waals surface area contributed by atoms with E-state index in [1.165, 1.54) is 0 Å². The summed E-state index contributed by atoms with van der Waals surface area (Å²) in [5.41, 5.74) is 5.09. The lowest BCUT2D eigenvalue weighted by atomic mass is 10.1. The van der Waals surface area contributed by atoms with Gasteiger partial charge in [-0.1, -0.05) is 49.6 Å². The second-order valence-corrected chi connectivity index (χ2v) is 5.66. The Morgan fingerprint density at radius 1 is 1.12 bits per heavy atom. The van der Waals surface area contributed by atoms with Gasteiger partial charge in [0.1, 0.15) is 5.75 Å². The molecule has 0 fully saturated rings. The molecule has 0 saturated carbocycles. The smallest absolute Gasteiger partial charge is 0.271 e. The van der Waals surface area contributed by atoms with Crippen molar-refractivity contribution >= 4 is 12.1 Å². The Balaban J connectivity index is 1.93. The molecule has 0 aliphatic heterocycles. The van der Waals surface area contributed by atoms with Crippen molar-refractivity contribution in [3.8, 4) is 5.75 Å². The van der Waals surface area contributed by atoms with Gasteiger partial charge in [-0.15, -0.1) is 0 Å². The van der Waals surface area contributed by atoms with Crippen LogP contribution in [0.5, 0.6) is 5.75 Å². The molecule has 2 rings (SSSR count). The molecule has 0 aliphatic carbocycles. The molecule has 0 heterocycles. The Morgan fingerprint density at radius 3 is 2.62 bits per heavy atom. The number of carbonyl (C=O) groups is 1. The van der Waals surface area contributed by atoms with Gasteiger partial charge in [0.15, 0.2) is 0 Å². The first-order chi connectivity index (χ1) is 11.7. The molecule has 0 spiro atoms. The predicted molar refractivity (Wildman–Crippen MR) is 97.7 cm³/mol. The topological polar surface area (TPSA) is 50.7 Å². The average Bonchev–Trinajstić information content (AvgIpc) is 2.60. The van der Waals surface area contributed by atoms with Gasteiger partial charge in [0.05, 0.1) is 12.8 Å². The molecule has 0 radical (unpaired) electrons. The van der Waals surface area contributed by atoms with Crippen LogP contribution in [-0.2, 0) is 0 Å². The van der Waals surface area contributed by atoms with Crippen LogP contribution < -0.4 is 10.2 Å². The van der Waals surface area contributed by atoms with Crippen molar-refractivity contribution < 1.29 is 9.53 Å². The Kier molecular flexibility index (Phi) is 7.02. The number of nitrogens with one attached hydrogen (secondary N) is 1. The first kappa shape index (κ1) is 17.7. The minimum Gasteiger partial charge on any atom is -0.493 e. The predicted octanol–water partition coefficient (Wildman–Crippen LogP) is 4.33. The van der Waals surface area contributed by atoms with Crippen molar-refractivity contribution in [2.75, 3.05) is 6.61 Å². The van der Waals surface area contributed by atoms with Gasteiger partial charge in [0.25, 0.3) is 5.91 Å². The van der Waals surface area contributed by atoms with Crippen molar-refractivity contribution in [1.29, 1.82) is 0 Å². The summed E-state index contributed by atoms with van der Waals surface area (Å²) < 4.78 is 5.79. The molecule has 2 aromatic rings. The highest BCUT2D eigenvalue weighted by Crippen LogP contribution is 2.16. The molecule has 126 valence electrons. The van der Waals surface area contributed by atoms with Crippen molar-refractivity contribution in [1.82, 2.24) is 5.43 Å². The number of aryl methyl sites for hydroxylation is 1. The highest BCUT2D eigenvalue weighted by Gasteiger charge is 2.04. The van der Waals surface area contributed by atoms with Crippen LogP contribution in [-0.4, -0.2) is 18.7 Å². The van der Waals surface area contributed by atoms with Crippen molar-refractivity contribution in [2.45, 2.75) is 33.1 Å². The number of nitrogens with zero attached hydrogens (tertiary/aromatic N) is 1. The first-order valence-electron chi connectivity index (χ1n) is 8.32. The number of hydrazone groups is 1. The maximum absolute atomic E-state index is 12.0. The van der Waals surface area contributed by atoms with E-state index in [9.17, 15) is 4.79 Å². The van der Waals surface area contributed by atoms with Gasteiger partial charge in [0, 0.05) is 11.1 Å². The van der Waals surface area contributed by atoms with E-state index in [0.717, 1.165) is 36.1 Å². The largest absolute Gasteiger partial charge is 0.493 e. The third-order valence-electron chi connectivity index (χ3n) is 3.61. The van der Waals surface area contributed by atoms with Crippen LogP contribution in [0.1, 0.15) is 47.7 Å². The summed E-state index contributed by atoms with van der Waals surface area (Å²) in [5.74, 6) is 0.550. The number of amides is 1. The molecule has 0 bridgehead atoms. The summed E-state index contributed by atoms with van der Waals surface area (Å²) in [6.45, 7) is 4.84. The number of benzene rings is 2. The van der Waals surface area contributed by atoms with E-state index in [1.54, 1.807) is 18.3 Å². The minimum absolute atomic E-state index is 0.229. The van der Waals surface area contributed by atoms with E-state index < -0.39 is 0 Å². The number of unbranched alkanes of at least 4 members (excludes halogenated alkanes) is 2. The van der Waals surface area contributed by atoms with Crippen molar-refractivity contribution in [3.05, 3.63) is 65.2 Å². The lowest BCUT2D eigenvalue weighted by molar-refractivity contribution is 0.0955. The Hall–Kier alpha value is -2.62. The molecule has 1 amide bonds. The van der Waals surface area contributed by atoms with Gasteiger partial charge in [0.2, 0.25) is 0 Å². The summed E-state index contributed by atoms with van der Waals surface area (Å²) >= 11 is 0. The van der Waals surface area contributed by atoms with Gasteiger partial charge in [-0.2, -0.15) is 5.10 Å². The SMILES string of the molecule is CCCCCOc1ccccc1/C=N\NC(=O)c1ccc(C)cc1. The highest BCUT2D eigenvalue weighted by molar-refractivity contribution is 5.95. The number of carbonyl (C=O) groups excluding carboxylic acids is 1. The van der Waals surface area contributed by atoms with E-state index >= 15 is 0 Å². The van der Waals surface area contributed by atoms with Gasteiger partial charge in [-0.3, -0.25) is 4.79 Å². The molecule has 0 atom stereocenters. The molecular weight excluding hydrogens is 300 g/mol. The van der Waals surface area contributed by atoms with Crippen molar-refractivity contribution in [3.63, 3.8) is 0 Å². The average molecular weight is 324 g/mol. The summed E-state index contributed by atoms with van der Waals surface area (Å²) in [6.07, 6.45) is 4.97. The van der Waals surface area contributed by atoms with Gasteiger partial charge in [-0.25, -0.2) is 5.43 Å². The molecule has 2 aromatic carbocycles. The standard InChI is InChI=1S/C20H24N2O2/c1-3-4-7-14-24-19-9-6-5-8-18(19)15-21-22-20(23)17-12-10-16(2)11-13-17/h5-6,8-13,15H,3-4,7,14H2,1-2H3,(H,22,23)/b21-15-. The van der Waals surface area contributed by atoms with E-state index in [4.69, 9.17) is 4.74 Å². The van der Waals surface area contributed by atoms with E-state index in [2.05, 4.69) is 17.5 Å². The summed E-state index contributed by atoms with van der Waals surface area (Å²) in [7, 11) is 0. The second-order valence-electron chi connectivity index (χ2n) is 5.66. The number of ether oxygens (including phenoxy) is 1. The lowest BCUT2D eigenvalue weighted by Crippen LogP contribution is -2.17. The van der Waals surface area contributed by atoms with Crippen LogP contribution in [0.25, 0.3) is 0 Å². The number of rotatable bonds is 8. The summed E-state index contributed by atoms with van der Waals surface area (Å²) in [6, 6.07) is 15.0. The maximum atomic E-state index is 12.0. The van der Waals surface area contributed by atoms with Gasteiger partial charge >= 0.3 is 0 Å². The Labute approximate surface area is 143 Å². The molecular formula is C20H24N2O2. The number of para-hydroxylation sites is 1. The third kappa shape index (κ3) is 5.54. The molecule has 0 aromatic heterocycles. The van der Waals surface area contributed by atoms with Crippen LogP contribution in [0, 0.1) is 6.92 Å². The zero-order chi connectivity index (χ0) is 17.2. The van der Waals surface area contributed by atoms with Gasteiger partial charge in [-0.05, 0) is 37.6 Å². The highest BCUT2D eigenvalue weighted by atomic mass is 16.5. The number of hydrogen-bond donors (Lipinski definition) is 1. The molecule has 4 heteroatoms. The molecule has 0 aliphatic rings. The lowest BCUT2D eigenvalue weighted by Gasteiger charge is -2.08. The quantitative estimate of drug-likeness (QED) is 0.446. The monoisotopic (exact) mass is 324 g/mol. The zero-order valence-corrected chi connectivity index (χ0v) is 14.3. The molecule has 1 N–H and O–H groups in total. The van der Waals surface area contributed by atoms with Crippen LogP contribution in [0.4, 0.5) is 0 Å². The van der Waals surface area contributed by atoms with Crippen LogP contribution >= 0.6 is 0 Å². The fourth-order valence-corrected chi connectivity index (χ4v) is 2.18. The summed E-state index contributed by atoms with van der Waals surface area (Å²) in [5, 5.41) is 4.04. The number of hydrogen-bond acceptors (Lipinski definition) is 3. The zero-order valence-electron chi connectivity index (χ0n) is 14.3. The molecule has 0 saturated heterocycles. The minimum atomic E-state index is -0.229. The third-order valence-corrected chi connectivity index (χ3v) is 3.61. The normalized spacial score (nSPS) is 10.8. The fourth-order valence-electron chi connectivity index (χ4n) is 2.18. The second kappa shape index (κ2) is 9.50. The molecule has 24 heavy (non-hydrogen) atoms. The molecule has 0 unspecified atom stereocenters. The van der Waals surface area contributed by atoms with Crippen LogP contribution in [0.2, 0.25) is 0 Å².